The quantitative estimate of drug-likeness (QED) is 0.253. The first-order valence-corrected chi connectivity index (χ1v) is 15.4. The van der Waals surface area contributed by atoms with E-state index >= 15 is 0 Å². The van der Waals surface area contributed by atoms with Gasteiger partial charge in [-0.1, -0.05) is 11.6 Å². The van der Waals surface area contributed by atoms with Crippen molar-refractivity contribution in [3.05, 3.63) is 40.5 Å². The highest BCUT2D eigenvalue weighted by atomic mass is 35.5. The number of anilines is 1. The molecule has 2 aliphatic rings. The van der Waals surface area contributed by atoms with Crippen LogP contribution in [0, 0.1) is 6.92 Å². The lowest BCUT2D eigenvalue weighted by atomic mass is 10.0. The van der Waals surface area contributed by atoms with E-state index in [2.05, 4.69) is 15.0 Å². The van der Waals surface area contributed by atoms with Gasteiger partial charge in [-0.05, 0) is 71.3 Å². The molecule has 9 nitrogen and oxygen atoms in total. The number of pyridine rings is 1. The average Bonchev–Trinajstić information content (AvgIpc) is 3.40. The summed E-state index contributed by atoms with van der Waals surface area (Å²) in [7, 11) is 0. The van der Waals surface area contributed by atoms with Crippen LogP contribution in [0.5, 0.6) is 6.01 Å². The van der Waals surface area contributed by atoms with Crippen LogP contribution < -0.4 is 9.64 Å². The fourth-order valence-corrected chi connectivity index (χ4v) is 5.94. The van der Waals surface area contributed by atoms with Gasteiger partial charge in [0.05, 0.1) is 28.3 Å². The number of rotatable bonds is 7. The summed E-state index contributed by atoms with van der Waals surface area (Å²) in [5.74, 6) is 0.418. The van der Waals surface area contributed by atoms with Gasteiger partial charge in [-0.25, -0.2) is 13.6 Å². The highest BCUT2D eigenvalue weighted by Gasteiger charge is 2.36. The highest BCUT2D eigenvalue weighted by Crippen LogP contribution is 2.41. The molecule has 0 aliphatic carbocycles. The Balaban J connectivity index is 1.52. The Morgan fingerprint density at radius 2 is 1.76 bits per heavy atom. The number of piperazine rings is 1. The molecule has 5 rings (SSSR count). The van der Waals surface area contributed by atoms with Gasteiger partial charge < -0.3 is 19.3 Å². The minimum Gasteiger partial charge on any atom is -0.462 e. The Kier molecular flexibility index (Phi) is 9.78. The summed E-state index contributed by atoms with van der Waals surface area (Å²) in [4.78, 5) is 31.2. The van der Waals surface area contributed by atoms with Crippen LogP contribution in [0.2, 0.25) is 5.02 Å². The first-order valence-electron chi connectivity index (χ1n) is 15.0. The molecule has 2 aliphatic heterocycles. The molecular formula is C31H36ClF5N6O3. The SMILES string of the molecule is Cc1ccc(C(F)(F)F)c(-c2cc3nc(OC[C@@H]4CCCN4CC(F)F)nc(N4CCN(C(=O)OC(C)(C)C)CC4)c3cc2Cl)n1. The fourth-order valence-electron chi connectivity index (χ4n) is 5.69. The van der Waals surface area contributed by atoms with Crippen molar-refractivity contribution in [2.45, 2.75) is 64.8 Å². The predicted octanol–water partition coefficient (Wildman–Crippen LogP) is 6.84. The van der Waals surface area contributed by atoms with Crippen LogP contribution in [0.4, 0.5) is 32.6 Å². The molecule has 1 amide bonds. The molecule has 3 aromatic rings. The van der Waals surface area contributed by atoms with Gasteiger partial charge in [0.15, 0.2) is 0 Å². The third kappa shape index (κ3) is 7.88. The molecule has 1 atom stereocenters. The van der Waals surface area contributed by atoms with Crippen molar-refractivity contribution < 1.29 is 36.2 Å². The van der Waals surface area contributed by atoms with E-state index in [1.807, 2.05) is 4.90 Å². The maximum absolute atomic E-state index is 14.0. The summed E-state index contributed by atoms with van der Waals surface area (Å²) in [6, 6.07) is 4.88. The summed E-state index contributed by atoms with van der Waals surface area (Å²) < 4.78 is 79.7. The summed E-state index contributed by atoms with van der Waals surface area (Å²) in [6.45, 7) is 8.56. The average molecular weight is 671 g/mol. The minimum absolute atomic E-state index is 0.0237. The van der Waals surface area contributed by atoms with E-state index in [0.717, 1.165) is 12.5 Å². The van der Waals surface area contributed by atoms with Crippen LogP contribution in [0.1, 0.15) is 44.9 Å². The maximum Gasteiger partial charge on any atom is 0.418 e. The number of fused-ring (bicyclic) bond motifs is 1. The number of ether oxygens (including phenoxy) is 2. The molecule has 0 radical (unpaired) electrons. The molecule has 15 heteroatoms. The number of carbonyl (C=O) groups excluding carboxylic acids is 1. The lowest BCUT2D eigenvalue weighted by molar-refractivity contribution is -0.137. The molecule has 2 aromatic heterocycles. The molecule has 0 N–H and O–H groups in total. The molecule has 0 saturated carbocycles. The third-order valence-electron chi connectivity index (χ3n) is 7.85. The van der Waals surface area contributed by atoms with Crippen molar-refractivity contribution in [3.8, 4) is 17.3 Å². The van der Waals surface area contributed by atoms with Crippen LogP contribution in [0.25, 0.3) is 22.2 Å². The molecule has 250 valence electrons. The van der Waals surface area contributed by atoms with Gasteiger partial charge in [0.2, 0.25) is 0 Å². The molecule has 2 saturated heterocycles. The number of carbonyl (C=O) groups is 1. The van der Waals surface area contributed by atoms with E-state index in [9.17, 15) is 26.7 Å². The first kappa shape index (κ1) is 33.8. The Bertz CT molecular complexity index is 1580. The number of hydrogen-bond acceptors (Lipinski definition) is 8. The second-order valence-electron chi connectivity index (χ2n) is 12.5. The van der Waals surface area contributed by atoms with Gasteiger partial charge >= 0.3 is 18.3 Å². The van der Waals surface area contributed by atoms with Crippen LogP contribution in [-0.2, 0) is 10.9 Å². The van der Waals surface area contributed by atoms with Crippen LogP contribution >= 0.6 is 11.6 Å². The van der Waals surface area contributed by atoms with Gasteiger partial charge in [-0.3, -0.25) is 9.88 Å². The molecule has 46 heavy (non-hydrogen) atoms. The van der Waals surface area contributed by atoms with Gasteiger partial charge in [-0.15, -0.1) is 0 Å². The number of aryl methyl sites for hydroxylation is 1. The summed E-state index contributed by atoms with van der Waals surface area (Å²) in [5.41, 5.74) is -1.25. The Morgan fingerprint density at radius 1 is 1.04 bits per heavy atom. The molecule has 4 heterocycles. The monoisotopic (exact) mass is 670 g/mol. The molecule has 2 fully saturated rings. The smallest absolute Gasteiger partial charge is 0.418 e. The Hall–Kier alpha value is -3.52. The second-order valence-corrected chi connectivity index (χ2v) is 12.9. The van der Waals surface area contributed by atoms with Gasteiger partial charge in [0, 0.05) is 48.9 Å². The van der Waals surface area contributed by atoms with Gasteiger partial charge in [0.25, 0.3) is 6.43 Å². The lowest BCUT2D eigenvalue weighted by Crippen LogP contribution is -2.50. The number of hydrogen-bond donors (Lipinski definition) is 0. The van der Waals surface area contributed by atoms with Crippen molar-refractivity contribution >= 4 is 34.4 Å². The zero-order chi connectivity index (χ0) is 33.4. The van der Waals surface area contributed by atoms with Crippen molar-refractivity contribution in [1.29, 1.82) is 0 Å². The van der Waals surface area contributed by atoms with Crippen LogP contribution in [-0.4, -0.2) is 94.8 Å². The second kappa shape index (κ2) is 13.3. The molecule has 0 bridgehead atoms. The summed E-state index contributed by atoms with van der Waals surface area (Å²) in [6.07, 6.45) is -6.19. The molecular weight excluding hydrogens is 635 g/mol. The van der Waals surface area contributed by atoms with Crippen LogP contribution in [0.3, 0.4) is 0 Å². The minimum atomic E-state index is -4.68. The number of nitrogens with zero attached hydrogens (tertiary/aromatic N) is 6. The Morgan fingerprint density at radius 3 is 2.41 bits per heavy atom. The fraction of sp³-hybridized carbons (Fsp3) is 0.548. The van der Waals surface area contributed by atoms with Crippen molar-refractivity contribution in [3.63, 3.8) is 0 Å². The topological polar surface area (TPSA) is 83.9 Å². The van der Waals surface area contributed by atoms with Crippen molar-refractivity contribution in [2.24, 2.45) is 0 Å². The van der Waals surface area contributed by atoms with Crippen LogP contribution in [0.15, 0.2) is 24.3 Å². The van der Waals surface area contributed by atoms with E-state index in [0.29, 0.717) is 56.0 Å². The van der Waals surface area contributed by atoms with E-state index in [1.165, 1.54) is 18.2 Å². The number of alkyl halides is 5. The largest absolute Gasteiger partial charge is 0.462 e. The van der Waals surface area contributed by atoms with Gasteiger partial charge in [0.1, 0.15) is 18.0 Å². The summed E-state index contributed by atoms with van der Waals surface area (Å²) >= 11 is 6.64. The van der Waals surface area contributed by atoms with Crippen molar-refractivity contribution in [2.75, 3.05) is 50.8 Å². The Labute approximate surface area is 268 Å². The number of halogens is 6. The normalized spacial score (nSPS) is 18.1. The van der Waals surface area contributed by atoms with Gasteiger partial charge in [-0.2, -0.15) is 23.1 Å². The zero-order valence-electron chi connectivity index (χ0n) is 26.0. The first-order chi connectivity index (χ1) is 21.6. The zero-order valence-corrected chi connectivity index (χ0v) is 26.8. The number of likely N-dealkylation sites (tertiary alicyclic amines) is 1. The molecule has 0 spiro atoms. The van der Waals surface area contributed by atoms with E-state index in [-0.39, 0.29) is 47.0 Å². The number of amides is 1. The van der Waals surface area contributed by atoms with E-state index in [4.69, 9.17) is 21.1 Å². The predicted molar refractivity (Wildman–Crippen MR) is 164 cm³/mol. The van der Waals surface area contributed by atoms with E-state index in [1.54, 1.807) is 37.5 Å². The number of benzene rings is 1. The highest BCUT2D eigenvalue weighted by molar-refractivity contribution is 6.34. The van der Waals surface area contributed by atoms with Crippen molar-refractivity contribution in [1.82, 2.24) is 24.8 Å². The third-order valence-corrected chi connectivity index (χ3v) is 8.16. The number of aromatic nitrogens is 3. The maximum atomic E-state index is 14.0. The summed E-state index contributed by atoms with van der Waals surface area (Å²) in [5, 5.41) is 0.490. The lowest BCUT2D eigenvalue weighted by Gasteiger charge is -2.36. The molecule has 0 unspecified atom stereocenters. The van der Waals surface area contributed by atoms with E-state index < -0.39 is 29.9 Å². The standard InChI is InChI=1S/C31H36ClF5N6O3/c1-18-7-8-22(31(35,36)37)26(38-18)20-15-24-21(14-23(20)32)27(41-10-12-42(13-11-41)29(44)46-30(2,3)4)40-28(39-24)45-17-19-6-5-9-43(19)16-25(33)34/h7-8,14-15,19,25H,5-6,9-13,16-17H2,1-4H3/t19-/m0/s1. The molecule has 1 aromatic carbocycles.